The molecule has 0 aliphatic carbocycles. The molecular formula is C16H27N3O3S. The van der Waals surface area contributed by atoms with Crippen LogP contribution in [0, 0.1) is 0 Å². The molecule has 1 saturated heterocycles. The molecule has 0 aromatic heterocycles. The third-order valence-electron chi connectivity index (χ3n) is 4.06. The minimum atomic E-state index is -3.52. The van der Waals surface area contributed by atoms with Crippen molar-refractivity contribution in [1.82, 2.24) is 9.03 Å². The fraction of sp³-hybridized carbons (Fsp3) is 0.625. The highest BCUT2D eigenvalue weighted by atomic mass is 32.2. The highest BCUT2D eigenvalue weighted by molar-refractivity contribution is 7.87. The van der Waals surface area contributed by atoms with Crippen molar-refractivity contribution >= 4 is 10.2 Å². The number of rotatable bonds is 6. The largest absolute Gasteiger partial charge is 0.376 e. The van der Waals surface area contributed by atoms with Crippen LogP contribution in [-0.4, -0.2) is 45.1 Å². The maximum atomic E-state index is 12.3. The Morgan fingerprint density at radius 2 is 1.91 bits per heavy atom. The summed E-state index contributed by atoms with van der Waals surface area (Å²) in [4.78, 5) is 0. The zero-order valence-corrected chi connectivity index (χ0v) is 14.8. The summed E-state index contributed by atoms with van der Waals surface area (Å²) in [5.41, 5.74) is 8.28. The molecular weight excluding hydrogens is 314 g/mol. The normalized spacial score (nSPS) is 21.5. The van der Waals surface area contributed by atoms with Crippen molar-refractivity contribution in [2.45, 2.75) is 38.8 Å². The van der Waals surface area contributed by atoms with Crippen molar-refractivity contribution in [3.63, 3.8) is 0 Å². The van der Waals surface area contributed by atoms with Crippen molar-refractivity contribution in [3.8, 4) is 0 Å². The van der Waals surface area contributed by atoms with Gasteiger partial charge in [-0.15, -0.1) is 0 Å². The van der Waals surface area contributed by atoms with Crippen molar-refractivity contribution in [1.29, 1.82) is 0 Å². The molecule has 0 bridgehead atoms. The van der Waals surface area contributed by atoms with Gasteiger partial charge in [-0.3, -0.25) is 0 Å². The first-order valence-electron chi connectivity index (χ1n) is 8.01. The molecule has 6 nitrogen and oxygen atoms in total. The summed E-state index contributed by atoms with van der Waals surface area (Å²) < 4.78 is 34.0. The average Bonchev–Trinajstić information content (AvgIpc) is 2.53. The number of benzene rings is 1. The van der Waals surface area contributed by atoms with E-state index in [9.17, 15) is 8.42 Å². The molecule has 0 spiro atoms. The summed E-state index contributed by atoms with van der Waals surface area (Å²) in [7, 11) is -3.52. The fourth-order valence-corrected chi connectivity index (χ4v) is 3.83. The molecule has 23 heavy (non-hydrogen) atoms. The van der Waals surface area contributed by atoms with E-state index in [4.69, 9.17) is 10.5 Å². The molecule has 2 atom stereocenters. The monoisotopic (exact) mass is 341 g/mol. The summed E-state index contributed by atoms with van der Waals surface area (Å²) in [6.07, 6.45) is -0.0856. The predicted molar refractivity (Wildman–Crippen MR) is 91.4 cm³/mol. The zero-order chi connectivity index (χ0) is 17.0. The van der Waals surface area contributed by atoms with Gasteiger partial charge in [0.05, 0.1) is 12.7 Å². The van der Waals surface area contributed by atoms with Crippen LogP contribution in [0.3, 0.4) is 0 Å². The molecule has 1 aromatic carbocycles. The second kappa shape index (κ2) is 7.72. The average molecular weight is 341 g/mol. The number of hydrogen-bond acceptors (Lipinski definition) is 4. The third kappa shape index (κ3) is 4.99. The van der Waals surface area contributed by atoms with Gasteiger partial charge in [-0.05, 0) is 24.0 Å². The summed E-state index contributed by atoms with van der Waals surface area (Å²) in [5, 5.41) is 0. The van der Waals surface area contributed by atoms with E-state index in [1.165, 1.54) is 9.87 Å². The first-order chi connectivity index (χ1) is 10.8. The van der Waals surface area contributed by atoms with Crippen LogP contribution in [-0.2, 0) is 14.9 Å². The van der Waals surface area contributed by atoms with Gasteiger partial charge in [0.25, 0.3) is 10.2 Å². The van der Waals surface area contributed by atoms with Crippen LogP contribution in [0.1, 0.15) is 43.9 Å². The van der Waals surface area contributed by atoms with E-state index in [0.717, 1.165) is 5.56 Å². The van der Waals surface area contributed by atoms with Crippen molar-refractivity contribution in [2.24, 2.45) is 5.73 Å². The van der Waals surface area contributed by atoms with Crippen LogP contribution in [0.15, 0.2) is 24.3 Å². The van der Waals surface area contributed by atoms with Crippen LogP contribution in [0.4, 0.5) is 0 Å². The molecule has 1 heterocycles. The summed E-state index contributed by atoms with van der Waals surface area (Å²) in [5.74, 6) is 0.460. The number of nitrogens with one attached hydrogen (secondary N) is 1. The van der Waals surface area contributed by atoms with E-state index in [0.29, 0.717) is 25.6 Å². The minimum Gasteiger partial charge on any atom is -0.376 e. The Hall–Kier alpha value is -0.990. The van der Waals surface area contributed by atoms with Gasteiger partial charge in [0, 0.05) is 25.7 Å². The van der Waals surface area contributed by atoms with E-state index in [2.05, 4.69) is 18.6 Å². The molecule has 3 N–H and O–H groups in total. The Balaban J connectivity index is 1.93. The Morgan fingerprint density at radius 1 is 1.30 bits per heavy atom. The summed E-state index contributed by atoms with van der Waals surface area (Å²) >= 11 is 0. The maximum absolute atomic E-state index is 12.3. The Labute approximate surface area is 139 Å². The lowest BCUT2D eigenvalue weighted by atomic mass is 9.99. The molecule has 1 aliphatic rings. The highest BCUT2D eigenvalue weighted by Gasteiger charge is 2.27. The standard InChI is InChI=1S/C16H27N3O3S/c1-12(2)14-4-6-15(7-5-14)16(17)10-18-23(20,21)19-8-9-22-13(3)11-19/h4-7,12-13,16,18H,8-11,17H2,1-3H3/t13-,16-/m0/s1. The summed E-state index contributed by atoms with van der Waals surface area (Å²) in [6.45, 7) is 7.47. The Kier molecular flexibility index (Phi) is 6.16. The van der Waals surface area contributed by atoms with Crippen molar-refractivity contribution < 1.29 is 13.2 Å². The van der Waals surface area contributed by atoms with Gasteiger partial charge >= 0.3 is 0 Å². The first kappa shape index (κ1) is 18.4. The van der Waals surface area contributed by atoms with E-state index in [1.54, 1.807) is 0 Å². The molecule has 0 radical (unpaired) electrons. The smallest absolute Gasteiger partial charge is 0.279 e. The van der Waals surface area contributed by atoms with Crippen LogP contribution in [0.25, 0.3) is 0 Å². The van der Waals surface area contributed by atoms with Gasteiger partial charge in [-0.1, -0.05) is 38.1 Å². The molecule has 0 amide bonds. The molecule has 1 aromatic rings. The van der Waals surface area contributed by atoms with Gasteiger partial charge in [-0.2, -0.15) is 12.7 Å². The number of ether oxygens (including phenoxy) is 1. The molecule has 1 aliphatic heterocycles. The molecule has 2 rings (SSSR count). The predicted octanol–water partition coefficient (Wildman–Crippen LogP) is 1.36. The van der Waals surface area contributed by atoms with Gasteiger partial charge in [0.1, 0.15) is 0 Å². The number of nitrogens with two attached hydrogens (primary N) is 1. The van der Waals surface area contributed by atoms with Crippen LogP contribution >= 0.6 is 0 Å². The lowest BCUT2D eigenvalue weighted by molar-refractivity contribution is 0.00977. The molecule has 0 saturated carbocycles. The molecule has 1 fully saturated rings. The van der Waals surface area contributed by atoms with Crippen molar-refractivity contribution in [3.05, 3.63) is 35.4 Å². The quantitative estimate of drug-likeness (QED) is 0.818. The van der Waals surface area contributed by atoms with Gasteiger partial charge in [0.15, 0.2) is 0 Å². The van der Waals surface area contributed by atoms with E-state index < -0.39 is 10.2 Å². The Bertz CT molecular complexity index is 602. The van der Waals surface area contributed by atoms with Crippen LogP contribution < -0.4 is 10.5 Å². The van der Waals surface area contributed by atoms with Crippen LogP contribution in [0.2, 0.25) is 0 Å². The number of morpholine rings is 1. The maximum Gasteiger partial charge on any atom is 0.279 e. The van der Waals surface area contributed by atoms with E-state index >= 15 is 0 Å². The zero-order valence-electron chi connectivity index (χ0n) is 14.0. The Morgan fingerprint density at radius 3 is 2.48 bits per heavy atom. The minimum absolute atomic E-state index is 0.0856. The van der Waals surface area contributed by atoms with Crippen molar-refractivity contribution in [2.75, 3.05) is 26.2 Å². The molecule has 7 heteroatoms. The van der Waals surface area contributed by atoms with Gasteiger partial charge in [0.2, 0.25) is 0 Å². The first-order valence-corrected chi connectivity index (χ1v) is 9.45. The second-order valence-electron chi connectivity index (χ2n) is 6.32. The number of hydrogen-bond donors (Lipinski definition) is 2. The highest BCUT2D eigenvalue weighted by Crippen LogP contribution is 2.18. The fourth-order valence-electron chi connectivity index (χ4n) is 2.54. The third-order valence-corrected chi connectivity index (χ3v) is 5.60. The van der Waals surface area contributed by atoms with Gasteiger partial charge in [-0.25, -0.2) is 4.72 Å². The molecule has 0 unspecified atom stereocenters. The van der Waals surface area contributed by atoms with Gasteiger partial charge < -0.3 is 10.5 Å². The SMILES string of the molecule is CC(C)c1ccc([C@@H](N)CNS(=O)(=O)N2CCO[C@@H](C)C2)cc1. The van der Waals surface area contributed by atoms with E-state index in [-0.39, 0.29) is 18.7 Å². The van der Waals surface area contributed by atoms with Crippen LogP contribution in [0.5, 0.6) is 0 Å². The lowest BCUT2D eigenvalue weighted by Crippen LogP contribution is -2.50. The number of nitrogens with zero attached hydrogens (tertiary/aromatic N) is 1. The topological polar surface area (TPSA) is 84.7 Å². The lowest BCUT2D eigenvalue weighted by Gasteiger charge is -2.30. The second-order valence-corrected chi connectivity index (χ2v) is 8.08. The van der Waals surface area contributed by atoms with E-state index in [1.807, 2.05) is 31.2 Å². The molecule has 130 valence electrons. The summed E-state index contributed by atoms with van der Waals surface area (Å²) in [6, 6.07) is 7.64.